The van der Waals surface area contributed by atoms with Crippen molar-refractivity contribution in [3.8, 4) is 0 Å². The summed E-state index contributed by atoms with van der Waals surface area (Å²) >= 11 is 0. The number of ether oxygens (including phenoxy) is 1. The highest BCUT2D eigenvalue weighted by Gasteiger charge is 2.36. The molecule has 4 aromatic rings. The number of carbonyl (C=O) groups is 2. The topological polar surface area (TPSA) is 131 Å². The first-order valence-corrected chi connectivity index (χ1v) is 10.7. The molecule has 0 aliphatic carbocycles. The highest BCUT2D eigenvalue weighted by molar-refractivity contribution is 6.01. The first kappa shape index (κ1) is 21.4. The molecule has 10 nitrogen and oxygen atoms in total. The molecule has 1 amide bonds. The number of rotatable bonds is 7. The van der Waals surface area contributed by atoms with Crippen molar-refractivity contribution >= 4 is 28.5 Å². The number of aromatic nitrogens is 2. The van der Waals surface area contributed by atoms with E-state index < -0.39 is 24.5 Å². The Labute approximate surface area is 192 Å². The van der Waals surface area contributed by atoms with E-state index in [4.69, 9.17) is 13.6 Å². The van der Waals surface area contributed by atoms with E-state index in [1.165, 1.54) is 17.5 Å². The van der Waals surface area contributed by atoms with Crippen LogP contribution in [0.3, 0.4) is 0 Å². The monoisotopic (exact) mass is 460 g/mol. The van der Waals surface area contributed by atoms with Gasteiger partial charge in [-0.3, -0.25) is 14.4 Å². The molecule has 1 aliphatic heterocycles. The van der Waals surface area contributed by atoms with E-state index in [0.717, 1.165) is 0 Å². The molecule has 1 aliphatic rings. The number of esters is 1. The van der Waals surface area contributed by atoms with Crippen molar-refractivity contribution in [3.63, 3.8) is 0 Å². The van der Waals surface area contributed by atoms with Gasteiger partial charge in [-0.15, -0.1) is 0 Å². The second-order valence-electron chi connectivity index (χ2n) is 7.69. The average Bonchev–Trinajstić information content (AvgIpc) is 3.62. The first-order valence-electron chi connectivity index (χ1n) is 10.7. The maximum absolute atomic E-state index is 12.8. The van der Waals surface area contributed by atoms with Gasteiger partial charge >= 0.3 is 5.97 Å². The van der Waals surface area contributed by atoms with Crippen molar-refractivity contribution in [2.75, 3.05) is 6.61 Å². The van der Waals surface area contributed by atoms with Gasteiger partial charge in [0.15, 0.2) is 6.61 Å². The lowest BCUT2D eigenvalue weighted by Gasteiger charge is -2.19. The third-order valence-corrected chi connectivity index (χ3v) is 5.43. The molecule has 10 heteroatoms. The van der Waals surface area contributed by atoms with Crippen LogP contribution >= 0.6 is 0 Å². The number of furan rings is 2. The van der Waals surface area contributed by atoms with Crippen LogP contribution in [0.15, 0.2) is 79.8 Å². The number of nitrogens with one attached hydrogen (secondary N) is 1. The van der Waals surface area contributed by atoms with Gasteiger partial charge in [-0.2, -0.15) is 5.10 Å². The number of hydrazone groups is 1. The molecule has 1 atom stereocenters. The Kier molecular flexibility index (Phi) is 5.77. The molecular weight excluding hydrogens is 440 g/mol. The van der Waals surface area contributed by atoms with Gasteiger partial charge in [0, 0.05) is 12.8 Å². The van der Waals surface area contributed by atoms with E-state index in [-0.39, 0.29) is 18.4 Å². The van der Waals surface area contributed by atoms with E-state index in [0.29, 0.717) is 40.4 Å². The molecule has 4 heterocycles. The molecule has 3 aromatic heterocycles. The molecule has 1 aromatic carbocycles. The van der Waals surface area contributed by atoms with E-state index in [1.807, 2.05) is 0 Å². The number of aryl methyl sites for hydroxylation is 1. The van der Waals surface area contributed by atoms with E-state index in [9.17, 15) is 14.4 Å². The van der Waals surface area contributed by atoms with Crippen molar-refractivity contribution in [2.45, 2.75) is 25.3 Å². The van der Waals surface area contributed by atoms with Crippen molar-refractivity contribution in [1.29, 1.82) is 0 Å². The summed E-state index contributed by atoms with van der Waals surface area (Å²) < 4.78 is 16.1. The molecule has 0 fully saturated rings. The summed E-state index contributed by atoms with van der Waals surface area (Å²) in [4.78, 5) is 44.3. The van der Waals surface area contributed by atoms with Crippen LogP contribution in [0, 0.1) is 0 Å². The maximum Gasteiger partial charge on any atom is 0.306 e. The van der Waals surface area contributed by atoms with Gasteiger partial charge in [0.05, 0.1) is 29.9 Å². The molecule has 1 unspecified atom stereocenters. The van der Waals surface area contributed by atoms with Gasteiger partial charge in [0.25, 0.3) is 11.5 Å². The lowest BCUT2D eigenvalue weighted by Crippen LogP contribution is -2.31. The molecule has 0 saturated heterocycles. The summed E-state index contributed by atoms with van der Waals surface area (Å²) in [5.41, 5.74) is 0.873. The zero-order chi connectivity index (χ0) is 23.5. The molecule has 34 heavy (non-hydrogen) atoms. The Morgan fingerprint density at radius 3 is 2.71 bits per heavy atom. The Morgan fingerprint density at radius 1 is 1.09 bits per heavy atom. The number of amides is 1. The number of H-pyrrole nitrogens is 1. The minimum Gasteiger partial charge on any atom is -0.467 e. The number of hydrogen-bond acceptors (Lipinski definition) is 8. The van der Waals surface area contributed by atoms with Crippen LogP contribution < -0.4 is 5.56 Å². The van der Waals surface area contributed by atoms with Crippen molar-refractivity contribution in [1.82, 2.24) is 15.0 Å². The number of aromatic amines is 1. The maximum atomic E-state index is 12.8. The predicted octanol–water partition coefficient (Wildman–Crippen LogP) is 2.96. The number of fused-ring (bicyclic) bond motifs is 1. The summed E-state index contributed by atoms with van der Waals surface area (Å²) in [7, 11) is 0. The Hall–Kier alpha value is -4.47. The fourth-order valence-electron chi connectivity index (χ4n) is 3.79. The molecular formula is C24H20N4O6. The zero-order valence-corrected chi connectivity index (χ0v) is 18.0. The lowest BCUT2D eigenvalue weighted by atomic mass is 10.1. The van der Waals surface area contributed by atoms with Gasteiger partial charge in [-0.25, -0.2) is 9.99 Å². The minimum atomic E-state index is -0.590. The summed E-state index contributed by atoms with van der Waals surface area (Å²) in [6, 6.07) is 13.5. The number of nitrogens with zero attached hydrogens (tertiary/aromatic N) is 3. The Bertz CT molecular complexity index is 1410. The highest BCUT2D eigenvalue weighted by atomic mass is 16.5. The van der Waals surface area contributed by atoms with Crippen molar-refractivity contribution in [2.24, 2.45) is 5.10 Å². The molecule has 0 saturated carbocycles. The number of para-hydroxylation sites is 1. The second kappa shape index (κ2) is 9.18. The van der Waals surface area contributed by atoms with Gasteiger partial charge in [-0.05, 0) is 36.4 Å². The van der Waals surface area contributed by atoms with Crippen LogP contribution in [0.25, 0.3) is 10.9 Å². The van der Waals surface area contributed by atoms with Crippen LogP contribution in [-0.2, 0) is 20.7 Å². The Balaban J connectivity index is 1.21. The van der Waals surface area contributed by atoms with Gasteiger partial charge < -0.3 is 18.6 Å². The molecule has 0 bridgehead atoms. The van der Waals surface area contributed by atoms with E-state index in [1.54, 1.807) is 48.5 Å². The molecule has 1 N–H and O–H groups in total. The SMILES string of the molecule is O=C(CCc1nc2ccccc2c(=O)[nH]1)OCC(=O)N1N=C(c2ccco2)CC1c1ccco1. The van der Waals surface area contributed by atoms with Crippen LogP contribution in [0.4, 0.5) is 0 Å². The third kappa shape index (κ3) is 4.38. The van der Waals surface area contributed by atoms with E-state index in [2.05, 4.69) is 15.1 Å². The lowest BCUT2D eigenvalue weighted by molar-refractivity contribution is -0.153. The second-order valence-corrected chi connectivity index (χ2v) is 7.69. The van der Waals surface area contributed by atoms with Crippen molar-refractivity contribution in [3.05, 3.63) is 88.8 Å². The molecule has 172 valence electrons. The molecule has 0 spiro atoms. The minimum absolute atomic E-state index is 0.0446. The smallest absolute Gasteiger partial charge is 0.306 e. The zero-order valence-electron chi connectivity index (χ0n) is 18.0. The van der Waals surface area contributed by atoms with Crippen LogP contribution in [0.2, 0.25) is 0 Å². The number of carbonyl (C=O) groups excluding carboxylic acids is 2. The standard InChI is InChI=1S/C24H20N4O6/c29-22(28-18(20-8-4-12-33-20)13-17(27-28)19-7-3-11-32-19)14-34-23(30)10-9-21-25-16-6-2-1-5-15(16)24(31)26-21/h1-8,11-12,18H,9-10,13-14H2,(H,25,26,31). The van der Waals surface area contributed by atoms with Gasteiger partial charge in [0.1, 0.15) is 29.1 Å². The molecule has 0 radical (unpaired) electrons. The number of benzene rings is 1. The summed E-state index contributed by atoms with van der Waals surface area (Å²) in [5.74, 6) is 0.413. The third-order valence-electron chi connectivity index (χ3n) is 5.43. The van der Waals surface area contributed by atoms with E-state index >= 15 is 0 Å². The Morgan fingerprint density at radius 2 is 1.91 bits per heavy atom. The van der Waals surface area contributed by atoms with Crippen LogP contribution in [0.5, 0.6) is 0 Å². The van der Waals surface area contributed by atoms with Gasteiger partial charge in [0.2, 0.25) is 0 Å². The fraction of sp³-hybridized carbons (Fsp3) is 0.208. The summed E-state index contributed by atoms with van der Waals surface area (Å²) in [5, 5.41) is 6.12. The largest absolute Gasteiger partial charge is 0.467 e. The molecule has 5 rings (SSSR count). The summed E-state index contributed by atoms with van der Waals surface area (Å²) in [6.45, 7) is -0.480. The number of hydrogen-bond donors (Lipinski definition) is 1. The highest BCUT2D eigenvalue weighted by Crippen LogP contribution is 2.33. The first-order chi connectivity index (χ1) is 16.6. The average molecular weight is 460 g/mol. The van der Waals surface area contributed by atoms with Gasteiger partial charge in [-0.1, -0.05) is 12.1 Å². The van der Waals surface area contributed by atoms with Crippen LogP contribution in [-0.4, -0.2) is 39.2 Å². The fourth-order valence-corrected chi connectivity index (χ4v) is 3.79. The van der Waals surface area contributed by atoms with Crippen molar-refractivity contribution < 1.29 is 23.2 Å². The van der Waals surface area contributed by atoms with Crippen LogP contribution in [0.1, 0.15) is 36.2 Å². The normalized spacial score (nSPS) is 15.5. The predicted molar refractivity (Wildman–Crippen MR) is 120 cm³/mol. The summed E-state index contributed by atoms with van der Waals surface area (Å²) in [6.07, 6.45) is 3.59. The quantitative estimate of drug-likeness (QED) is 0.420.